The van der Waals surface area contributed by atoms with Gasteiger partial charge in [-0.05, 0) is 67.0 Å². The number of hydrogen-bond donors (Lipinski definition) is 2. The average molecular weight is 510 g/mol. The third kappa shape index (κ3) is 5.79. The van der Waals surface area contributed by atoms with Crippen molar-refractivity contribution in [2.45, 2.75) is 70.3 Å². The van der Waals surface area contributed by atoms with Crippen molar-refractivity contribution in [1.29, 1.82) is 0 Å². The van der Waals surface area contributed by atoms with Crippen LogP contribution in [0.15, 0.2) is 66.9 Å². The summed E-state index contributed by atoms with van der Waals surface area (Å²) in [7, 11) is 0. The predicted octanol–water partition coefficient (Wildman–Crippen LogP) is 5.39. The number of pyridine rings is 1. The zero-order valence-electron chi connectivity index (χ0n) is 21.9. The van der Waals surface area contributed by atoms with Gasteiger partial charge in [-0.25, -0.2) is 4.98 Å². The van der Waals surface area contributed by atoms with Crippen molar-refractivity contribution in [3.8, 4) is 0 Å². The number of carbonyl (C=O) groups excluding carboxylic acids is 1. The Hall–Kier alpha value is -3.55. The number of H-pyrrole nitrogens is 1. The molecule has 1 fully saturated rings. The zero-order chi connectivity index (χ0) is 25.9. The molecule has 0 bridgehead atoms. The molecular formula is C31H35N5O2. The highest BCUT2D eigenvalue weighted by atomic mass is 16.5. The highest BCUT2D eigenvalue weighted by Crippen LogP contribution is 2.35. The molecule has 2 aromatic heterocycles. The molecule has 0 spiro atoms. The van der Waals surface area contributed by atoms with Crippen LogP contribution in [-0.2, 0) is 29.0 Å². The van der Waals surface area contributed by atoms with Crippen LogP contribution >= 0.6 is 0 Å². The van der Waals surface area contributed by atoms with Gasteiger partial charge in [0.1, 0.15) is 11.9 Å². The summed E-state index contributed by atoms with van der Waals surface area (Å²) in [5.74, 6) is 0.712. The van der Waals surface area contributed by atoms with Crippen molar-refractivity contribution in [2.75, 3.05) is 6.54 Å². The van der Waals surface area contributed by atoms with E-state index in [9.17, 15) is 4.79 Å². The van der Waals surface area contributed by atoms with Gasteiger partial charge in [-0.3, -0.25) is 14.7 Å². The quantitative estimate of drug-likeness (QED) is 0.279. The Balaban J connectivity index is 1.25. The number of nitrogens with zero attached hydrogens (tertiary/aromatic N) is 3. The van der Waals surface area contributed by atoms with Crippen LogP contribution in [0.4, 0.5) is 0 Å². The molecule has 7 heteroatoms. The van der Waals surface area contributed by atoms with E-state index in [1.807, 2.05) is 30.5 Å². The van der Waals surface area contributed by atoms with Crippen LogP contribution in [0.1, 0.15) is 73.0 Å². The molecule has 0 radical (unpaired) electrons. The van der Waals surface area contributed by atoms with Gasteiger partial charge in [0, 0.05) is 32.3 Å². The van der Waals surface area contributed by atoms with Crippen LogP contribution in [0, 0.1) is 0 Å². The summed E-state index contributed by atoms with van der Waals surface area (Å²) in [6.07, 6.45) is 7.34. The molecule has 2 aliphatic rings. The monoisotopic (exact) mass is 509 g/mol. The van der Waals surface area contributed by atoms with Crippen LogP contribution in [-0.4, -0.2) is 38.4 Å². The van der Waals surface area contributed by atoms with Crippen LogP contribution in [0.2, 0.25) is 0 Å². The number of ether oxygens (including phenoxy) is 1. The average Bonchev–Trinajstić information content (AvgIpc) is 3.68. The minimum atomic E-state index is -0.275. The van der Waals surface area contributed by atoms with Gasteiger partial charge in [0.05, 0.1) is 29.3 Å². The van der Waals surface area contributed by atoms with E-state index in [4.69, 9.17) is 14.7 Å². The van der Waals surface area contributed by atoms with Crippen LogP contribution < -0.4 is 5.32 Å². The summed E-state index contributed by atoms with van der Waals surface area (Å²) in [6, 6.07) is 21.8. The minimum Gasteiger partial charge on any atom is -0.456 e. The minimum absolute atomic E-state index is 0.226. The molecule has 2 N–H and O–H groups in total. The second-order valence-corrected chi connectivity index (χ2v) is 10.6. The predicted molar refractivity (Wildman–Crippen MR) is 147 cm³/mol. The SMILES string of the molecule is CC(=O)OC(CNC1CC1)c1ccc(CN(Cc2nc3ccccc3[nH]2)[C@H]2CCCc3cccnc32)cc1. The number of carbonyl (C=O) groups is 1. The maximum absolute atomic E-state index is 11.7. The van der Waals surface area contributed by atoms with Crippen molar-refractivity contribution in [2.24, 2.45) is 0 Å². The Kier molecular flexibility index (Phi) is 7.20. The van der Waals surface area contributed by atoms with Crippen molar-refractivity contribution in [1.82, 2.24) is 25.2 Å². The van der Waals surface area contributed by atoms with Crippen molar-refractivity contribution < 1.29 is 9.53 Å². The molecule has 2 heterocycles. The van der Waals surface area contributed by atoms with E-state index < -0.39 is 0 Å². The summed E-state index contributed by atoms with van der Waals surface area (Å²) >= 11 is 0. The Morgan fingerprint density at radius 1 is 1.08 bits per heavy atom. The maximum atomic E-state index is 11.7. The Bertz CT molecular complexity index is 1360. The van der Waals surface area contributed by atoms with Crippen molar-refractivity contribution in [3.63, 3.8) is 0 Å². The molecule has 2 aliphatic carbocycles. The topological polar surface area (TPSA) is 83.1 Å². The number of imidazole rings is 1. The van der Waals surface area contributed by atoms with Gasteiger partial charge in [0.2, 0.25) is 0 Å². The van der Waals surface area contributed by atoms with Gasteiger partial charge < -0.3 is 15.0 Å². The van der Waals surface area contributed by atoms with Crippen LogP contribution in [0.5, 0.6) is 0 Å². The van der Waals surface area contributed by atoms with E-state index in [2.05, 4.69) is 51.6 Å². The molecular weight excluding hydrogens is 474 g/mol. The first-order chi connectivity index (χ1) is 18.6. The van der Waals surface area contributed by atoms with E-state index in [0.29, 0.717) is 19.1 Å². The summed E-state index contributed by atoms with van der Waals surface area (Å²) in [6.45, 7) is 3.60. The number of aryl methyl sites for hydroxylation is 1. The molecule has 6 rings (SSSR count). The zero-order valence-corrected chi connectivity index (χ0v) is 21.9. The number of para-hydroxylation sites is 2. The van der Waals surface area contributed by atoms with E-state index >= 15 is 0 Å². The van der Waals surface area contributed by atoms with Gasteiger partial charge >= 0.3 is 5.97 Å². The number of aromatic amines is 1. The summed E-state index contributed by atoms with van der Waals surface area (Å²) in [4.78, 5) is 27.5. The van der Waals surface area contributed by atoms with E-state index in [1.54, 1.807) is 0 Å². The fraction of sp³-hybridized carbons (Fsp3) is 0.387. The lowest BCUT2D eigenvalue weighted by molar-refractivity contribution is -0.146. The number of aromatic nitrogens is 3. The molecule has 0 aliphatic heterocycles. The van der Waals surface area contributed by atoms with E-state index in [-0.39, 0.29) is 18.1 Å². The lowest BCUT2D eigenvalue weighted by atomic mass is 9.90. The molecule has 2 aromatic carbocycles. The molecule has 0 saturated heterocycles. The second-order valence-electron chi connectivity index (χ2n) is 10.6. The van der Waals surface area contributed by atoms with Crippen LogP contribution in [0.3, 0.4) is 0 Å². The number of hydrogen-bond acceptors (Lipinski definition) is 6. The Morgan fingerprint density at radius 3 is 2.71 bits per heavy atom. The first-order valence-electron chi connectivity index (χ1n) is 13.7. The van der Waals surface area contributed by atoms with Gasteiger partial charge in [-0.2, -0.15) is 0 Å². The smallest absolute Gasteiger partial charge is 0.303 e. The molecule has 1 saturated carbocycles. The van der Waals surface area contributed by atoms with Gasteiger partial charge in [0.15, 0.2) is 0 Å². The number of fused-ring (bicyclic) bond motifs is 2. The Labute approximate surface area is 223 Å². The fourth-order valence-corrected chi connectivity index (χ4v) is 5.55. The summed E-state index contributed by atoms with van der Waals surface area (Å²) < 4.78 is 5.65. The highest BCUT2D eigenvalue weighted by molar-refractivity contribution is 5.74. The van der Waals surface area contributed by atoms with Gasteiger partial charge in [-0.1, -0.05) is 42.5 Å². The highest BCUT2D eigenvalue weighted by Gasteiger charge is 2.28. The van der Waals surface area contributed by atoms with Gasteiger partial charge in [-0.15, -0.1) is 0 Å². The third-order valence-corrected chi connectivity index (χ3v) is 7.61. The molecule has 38 heavy (non-hydrogen) atoms. The molecule has 0 amide bonds. The standard InChI is InChI=1S/C31H35N5O2/c1-21(37)38-29(18-33-25-15-16-25)23-13-11-22(12-14-23)19-36(20-30-34-26-8-2-3-9-27(26)35-30)28-10-4-6-24-7-5-17-32-31(24)28/h2-3,5,7-9,11-14,17,25,28-29,33H,4,6,10,15-16,18-20H2,1H3,(H,34,35)/t28-,29?/m0/s1. The Morgan fingerprint density at radius 2 is 1.92 bits per heavy atom. The molecule has 196 valence electrons. The third-order valence-electron chi connectivity index (χ3n) is 7.61. The first-order valence-corrected chi connectivity index (χ1v) is 13.7. The fourth-order valence-electron chi connectivity index (χ4n) is 5.55. The molecule has 7 nitrogen and oxygen atoms in total. The van der Waals surface area contributed by atoms with E-state index in [0.717, 1.165) is 48.2 Å². The molecule has 1 unspecified atom stereocenters. The normalized spacial score (nSPS) is 17.9. The van der Waals surface area contributed by atoms with Crippen molar-refractivity contribution in [3.05, 3.63) is 95.1 Å². The maximum Gasteiger partial charge on any atom is 0.303 e. The van der Waals surface area contributed by atoms with Crippen LogP contribution in [0.25, 0.3) is 11.0 Å². The molecule has 2 atom stereocenters. The number of rotatable bonds is 10. The lowest BCUT2D eigenvalue weighted by Crippen LogP contribution is -2.32. The first kappa shape index (κ1) is 24.8. The largest absolute Gasteiger partial charge is 0.456 e. The lowest BCUT2D eigenvalue weighted by Gasteiger charge is -2.34. The summed E-state index contributed by atoms with van der Waals surface area (Å²) in [5.41, 5.74) is 6.82. The second kappa shape index (κ2) is 11.1. The number of nitrogens with one attached hydrogen (secondary N) is 2. The number of benzene rings is 2. The number of esters is 1. The molecule has 4 aromatic rings. The van der Waals surface area contributed by atoms with Gasteiger partial charge in [0.25, 0.3) is 0 Å². The van der Waals surface area contributed by atoms with E-state index in [1.165, 1.54) is 36.6 Å². The summed E-state index contributed by atoms with van der Waals surface area (Å²) in [5, 5.41) is 3.50. The van der Waals surface area contributed by atoms with Crippen molar-refractivity contribution >= 4 is 17.0 Å².